The predicted molar refractivity (Wildman–Crippen MR) is 79.2 cm³/mol. The van der Waals surface area contributed by atoms with Crippen molar-refractivity contribution in [2.45, 2.75) is 12.5 Å². The maximum atomic E-state index is 9.72. The van der Waals surface area contributed by atoms with Crippen molar-refractivity contribution < 1.29 is 14.9 Å². The van der Waals surface area contributed by atoms with E-state index in [-0.39, 0.29) is 12.4 Å². The van der Waals surface area contributed by atoms with Gasteiger partial charge in [0.05, 0.1) is 19.3 Å². The van der Waals surface area contributed by atoms with Crippen LogP contribution >= 0.6 is 0 Å². The van der Waals surface area contributed by atoms with Gasteiger partial charge in [-0.3, -0.25) is 0 Å². The van der Waals surface area contributed by atoms with E-state index in [1.807, 2.05) is 37.3 Å². The molecule has 4 nitrogen and oxygen atoms in total. The van der Waals surface area contributed by atoms with Gasteiger partial charge in [0.15, 0.2) is 0 Å². The molecule has 1 atom stereocenters. The van der Waals surface area contributed by atoms with Gasteiger partial charge in [-0.15, -0.1) is 0 Å². The zero-order valence-electron chi connectivity index (χ0n) is 11.6. The molecule has 0 aromatic heterocycles. The SMILES string of the molecule is COc1ccc(NC(C)(CO)c2cccc(O)c2)cc1. The summed E-state index contributed by atoms with van der Waals surface area (Å²) in [5.74, 6) is 0.956. The van der Waals surface area contributed by atoms with Crippen LogP contribution in [-0.4, -0.2) is 23.9 Å². The van der Waals surface area contributed by atoms with E-state index in [0.717, 1.165) is 17.0 Å². The van der Waals surface area contributed by atoms with Gasteiger partial charge in [0, 0.05) is 5.69 Å². The number of aliphatic hydroxyl groups is 1. The standard InChI is InChI=1S/C16H19NO3/c1-16(11-18,12-4-3-5-14(19)10-12)17-13-6-8-15(20-2)9-7-13/h3-10,17-19H,11H2,1-2H3. The molecule has 0 bridgehead atoms. The second-order valence-corrected chi connectivity index (χ2v) is 4.89. The average Bonchev–Trinajstić information content (AvgIpc) is 2.48. The molecular formula is C16H19NO3. The number of anilines is 1. The lowest BCUT2D eigenvalue weighted by atomic mass is 9.92. The quantitative estimate of drug-likeness (QED) is 0.784. The van der Waals surface area contributed by atoms with Gasteiger partial charge in [-0.05, 0) is 48.9 Å². The maximum Gasteiger partial charge on any atom is 0.119 e. The number of aliphatic hydroxyl groups excluding tert-OH is 1. The molecule has 0 radical (unpaired) electrons. The minimum Gasteiger partial charge on any atom is -0.508 e. The molecule has 2 aromatic carbocycles. The summed E-state index contributed by atoms with van der Waals surface area (Å²) in [6.07, 6.45) is 0. The van der Waals surface area contributed by atoms with E-state index in [1.165, 1.54) is 0 Å². The first-order valence-corrected chi connectivity index (χ1v) is 6.40. The Morgan fingerprint density at radius 3 is 2.40 bits per heavy atom. The highest BCUT2D eigenvalue weighted by molar-refractivity contribution is 5.50. The number of rotatable bonds is 5. The summed E-state index contributed by atoms with van der Waals surface area (Å²) in [5, 5.41) is 22.6. The molecule has 1 unspecified atom stereocenters. The van der Waals surface area contributed by atoms with Crippen molar-refractivity contribution in [2.24, 2.45) is 0 Å². The van der Waals surface area contributed by atoms with Crippen molar-refractivity contribution in [3.8, 4) is 11.5 Å². The normalized spacial score (nSPS) is 13.6. The summed E-state index contributed by atoms with van der Waals surface area (Å²) >= 11 is 0. The zero-order chi connectivity index (χ0) is 14.6. The van der Waals surface area contributed by atoms with E-state index in [9.17, 15) is 10.2 Å². The molecule has 2 aromatic rings. The average molecular weight is 273 g/mol. The van der Waals surface area contributed by atoms with Crippen LogP contribution in [0.15, 0.2) is 48.5 Å². The molecule has 0 saturated heterocycles. The Morgan fingerprint density at radius 1 is 1.15 bits per heavy atom. The fourth-order valence-corrected chi connectivity index (χ4v) is 2.05. The highest BCUT2D eigenvalue weighted by Gasteiger charge is 2.25. The van der Waals surface area contributed by atoms with Gasteiger partial charge in [-0.2, -0.15) is 0 Å². The number of nitrogens with one attached hydrogen (secondary N) is 1. The van der Waals surface area contributed by atoms with Gasteiger partial charge in [0.1, 0.15) is 11.5 Å². The number of methoxy groups -OCH3 is 1. The van der Waals surface area contributed by atoms with Crippen molar-refractivity contribution in [3.05, 3.63) is 54.1 Å². The number of hydrogen-bond acceptors (Lipinski definition) is 4. The Hall–Kier alpha value is -2.20. The summed E-state index contributed by atoms with van der Waals surface area (Å²) in [6.45, 7) is 1.79. The summed E-state index contributed by atoms with van der Waals surface area (Å²) in [7, 11) is 1.62. The highest BCUT2D eigenvalue weighted by atomic mass is 16.5. The van der Waals surface area contributed by atoms with Crippen molar-refractivity contribution in [1.82, 2.24) is 0 Å². The summed E-state index contributed by atoms with van der Waals surface area (Å²) in [6, 6.07) is 14.3. The van der Waals surface area contributed by atoms with E-state index in [2.05, 4.69) is 5.32 Å². The monoisotopic (exact) mass is 273 g/mol. The van der Waals surface area contributed by atoms with E-state index in [4.69, 9.17) is 4.74 Å². The molecule has 0 spiro atoms. The molecule has 0 saturated carbocycles. The van der Waals surface area contributed by atoms with E-state index < -0.39 is 5.54 Å². The smallest absolute Gasteiger partial charge is 0.119 e. The minimum absolute atomic E-state index is 0.0948. The van der Waals surface area contributed by atoms with Crippen LogP contribution < -0.4 is 10.1 Å². The second-order valence-electron chi connectivity index (χ2n) is 4.89. The van der Waals surface area contributed by atoms with E-state index >= 15 is 0 Å². The number of phenols is 1. The van der Waals surface area contributed by atoms with Crippen LogP contribution in [0.3, 0.4) is 0 Å². The highest BCUT2D eigenvalue weighted by Crippen LogP contribution is 2.28. The lowest BCUT2D eigenvalue weighted by Crippen LogP contribution is -2.35. The van der Waals surface area contributed by atoms with Gasteiger partial charge >= 0.3 is 0 Å². The Morgan fingerprint density at radius 2 is 1.85 bits per heavy atom. The number of aromatic hydroxyl groups is 1. The molecule has 0 heterocycles. The van der Waals surface area contributed by atoms with Crippen molar-refractivity contribution in [2.75, 3.05) is 19.0 Å². The maximum absolute atomic E-state index is 9.72. The van der Waals surface area contributed by atoms with E-state index in [0.29, 0.717) is 0 Å². The van der Waals surface area contributed by atoms with Crippen LogP contribution in [0.25, 0.3) is 0 Å². The van der Waals surface area contributed by atoms with Gasteiger partial charge in [0.2, 0.25) is 0 Å². The zero-order valence-corrected chi connectivity index (χ0v) is 11.6. The Balaban J connectivity index is 2.26. The van der Waals surface area contributed by atoms with Crippen LogP contribution in [0.2, 0.25) is 0 Å². The number of phenolic OH excluding ortho intramolecular Hbond substituents is 1. The van der Waals surface area contributed by atoms with Gasteiger partial charge in [-0.25, -0.2) is 0 Å². The number of ether oxygens (including phenoxy) is 1. The van der Waals surface area contributed by atoms with Crippen LogP contribution in [-0.2, 0) is 5.54 Å². The molecular weight excluding hydrogens is 254 g/mol. The third-order valence-electron chi connectivity index (χ3n) is 3.31. The van der Waals surface area contributed by atoms with Gasteiger partial charge < -0.3 is 20.3 Å². The van der Waals surface area contributed by atoms with Crippen molar-refractivity contribution in [3.63, 3.8) is 0 Å². The number of hydrogen-bond donors (Lipinski definition) is 3. The molecule has 4 heteroatoms. The molecule has 106 valence electrons. The fraction of sp³-hybridized carbons (Fsp3) is 0.250. The Kier molecular flexibility index (Phi) is 4.15. The minimum atomic E-state index is -0.673. The van der Waals surface area contributed by atoms with Crippen LogP contribution in [0.4, 0.5) is 5.69 Å². The first-order chi connectivity index (χ1) is 9.57. The lowest BCUT2D eigenvalue weighted by Gasteiger charge is -2.30. The van der Waals surface area contributed by atoms with Gasteiger partial charge in [-0.1, -0.05) is 12.1 Å². The molecule has 20 heavy (non-hydrogen) atoms. The molecule has 2 rings (SSSR count). The van der Waals surface area contributed by atoms with Crippen molar-refractivity contribution in [1.29, 1.82) is 0 Å². The first-order valence-electron chi connectivity index (χ1n) is 6.40. The molecule has 0 amide bonds. The first kappa shape index (κ1) is 14.2. The van der Waals surface area contributed by atoms with E-state index in [1.54, 1.807) is 25.3 Å². The predicted octanol–water partition coefficient (Wildman–Crippen LogP) is 2.72. The summed E-state index contributed by atoms with van der Waals surface area (Å²) < 4.78 is 5.12. The summed E-state index contributed by atoms with van der Waals surface area (Å²) in [5.41, 5.74) is 1.01. The lowest BCUT2D eigenvalue weighted by molar-refractivity contribution is 0.224. The third-order valence-corrected chi connectivity index (χ3v) is 3.31. The molecule has 0 fully saturated rings. The van der Waals surface area contributed by atoms with Gasteiger partial charge in [0.25, 0.3) is 0 Å². The van der Waals surface area contributed by atoms with Crippen LogP contribution in [0, 0.1) is 0 Å². The third kappa shape index (κ3) is 3.03. The number of benzene rings is 2. The Labute approximate surface area is 118 Å². The molecule has 0 aliphatic heterocycles. The second kappa shape index (κ2) is 5.84. The summed E-state index contributed by atoms with van der Waals surface area (Å²) in [4.78, 5) is 0. The van der Waals surface area contributed by atoms with Crippen LogP contribution in [0.1, 0.15) is 12.5 Å². The van der Waals surface area contributed by atoms with Crippen LogP contribution in [0.5, 0.6) is 11.5 Å². The largest absolute Gasteiger partial charge is 0.508 e. The molecule has 3 N–H and O–H groups in total. The molecule has 0 aliphatic carbocycles. The van der Waals surface area contributed by atoms with Crippen molar-refractivity contribution >= 4 is 5.69 Å². The topological polar surface area (TPSA) is 61.7 Å². The fourth-order valence-electron chi connectivity index (χ4n) is 2.05. The molecule has 0 aliphatic rings. The Bertz CT molecular complexity index is 568.